The second-order valence-corrected chi connectivity index (χ2v) is 11.3. The number of aliphatic hydroxyl groups is 1. The van der Waals surface area contributed by atoms with Crippen molar-refractivity contribution in [1.29, 1.82) is 0 Å². The minimum Gasteiger partial charge on any atom is -0.391 e. The largest absolute Gasteiger partial charge is 0.391 e. The second kappa shape index (κ2) is 26.5. The van der Waals surface area contributed by atoms with E-state index in [2.05, 4.69) is 20.9 Å². The number of rotatable bonds is 28. The van der Waals surface area contributed by atoms with Crippen molar-refractivity contribution >= 4 is 0 Å². The standard InChI is InChI=1S/C31H66NO/c1-4-6-8-10-12-14-16-18-20-22-24-26-28-32(3,30-31-33)29-27-25-23-21-19-17-15-13-11-9-7-5-2/h33H,4-31H2,1-3H3/q+1. The van der Waals surface area contributed by atoms with Crippen LogP contribution in [0.25, 0.3) is 0 Å². The van der Waals surface area contributed by atoms with Gasteiger partial charge in [-0.15, -0.1) is 0 Å². The number of likely N-dealkylation sites (N-methyl/N-ethyl adjacent to an activating group) is 1. The van der Waals surface area contributed by atoms with Gasteiger partial charge in [-0.2, -0.15) is 0 Å². The van der Waals surface area contributed by atoms with Gasteiger partial charge in [0.15, 0.2) is 0 Å². The van der Waals surface area contributed by atoms with Crippen molar-refractivity contribution in [3.63, 3.8) is 0 Å². The normalized spacial score (nSPS) is 12.0. The molecule has 0 saturated carbocycles. The van der Waals surface area contributed by atoms with Crippen LogP contribution in [-0.2, 0) is 0 Å². The molecule has 0 rings (SSSR count). The Morgan fingerprint density at radius 1 is 0.364 bits per heavy atom. The molecular formula is C31H66NO+. The average Bonchev–Trinajstić information content (AvgIpc) is 2.81. The van der Waals surface area contributed by atoms with Gasteiger partial charge < -0.3 is 9.59 Å². The number of aliphatic hydroxyl groups excluding tert-OH is 1. The highest BCUT2D eigenvalue weighted by atomic mass is 16.3. The van der Waals surface area contributed by atoms with E-state index in [1.54, 1.807) is 0 Å². The highest BCUT2D eigenvalue weighted by molar-refractivity contribution is 4.52. The summed E-state index contributed by atoms with van der Waals surface area (Å²) >= 11 is 0. The van der Waals surface area contributed by atoms with Gasteiger partial charge in [-0.3, -0.25) is 0 Å². The van der Waals surface area contributed by atoms with Crippen LogP contribution in [0, 0.1) is 0 Å². The molecule has 2 heteroatoms. The van der Waals surface area contributed by atoms with Crippen LogP contribution in [0.1, 0.15) is 168 Å². The number of hydrogen-bond acceptors (Lipinski definition) is 1. The van der Waals surface area contributed by atoms with E-state index in [0.717, 1.165) is 11.0 Å². The van der Waals surface area contributed by atoms with E-state index in [1.807, 2.05) is 0 Å². The van der Waals surface area contributed by atoms with Gasteiger partial charge in [0, 0.05) is 0 Å². The molecule has 0 aliphatic heterocycles. The lowest BCUT2D eigenvalue weighted by molar-refractivity contribution is -0.910. The zero-order valence-electron chi connectivity index (χ0n) is 23.7. The molecule has 0 aliphatic carbocycles. The summed E-state index contributed by atoms with van der Waals surface area (Å²) in [5.41, 5.74) is 0. The topological polar surface area (TPSA) is 20.2 Å². The molecule has 0 bridgehead atoms. The lowest BCUT2D eigenvalue weighted by atomic mass is 10.0. The Labute approximate surface area is 210 Å². The maximum absolute atomic E-state index is 9.57. The molecular weight excluding hydrogens is 402 g/mol. The van der Waals surface area contributed by atoms with E-state index in [-0.39, 0.29) is 0 Å². The fraction of sp³-hybridized carbons (Fsp3) is 1.00. The number of quaternary nitrogens is 1. The smallest absolute Gasteiger partial charge is 0.102 e. The van der Waals surface area contributed by atoms with Crippen molar-refractivity contribution in [2.75, 3.05) is 33.3 Å². The third kappa shape index (κ3) is 24.8. The summed E-state index contributed by atoms with van der Waals surface area (Å²) in [6.45, 7) is 8.39. The minimum absolute atomic E-state index is 0.340. The first-order chi connectivity index (χ1) is 16.2. The molecule has 0 radical (unpaired) electrons. The van der Waals surface area contributed by atoms with Crippen LogP contribution in [0.5, 0.6) is 0 Å². The first kappa shape index (κ1) is 32.9. The van der Waals surface area contributed by atoms with Gasteiger partial charge in [0.05, 0.1) is 26.7 Å². The maximum atomic E-state index is 9.57. The van der Waals surface area contributed by atoms with Crippen LogP contribution in [0.15, 0.2) is 0 Å². The number of unbranched alkanes of at least 4 members (excludes halogenated alkanes) is 22. The van der Waals surface area contributed by atoms with Crippen LogP contribution in [0.2, 0.25) is 0 Å². The molecule has 0 saturated heterocycles. The van der Waals surface area contributed by atoms with Crippen LogP contribution in [0.3, 0.4) is 0 Å². The molecule has 0 aromatic heterocycles. The molecule has 0 fully saturated rings. The third-order valence-corrected chi connectivity index (χ3v) is 7.74. The van der Waals surface area contributed by atoms with E-state index in [4.69, 9.17) is 0 Å². The van der Waals surface area contributed by atoms with Crippen molar-refractivity contribution in [2.24, 2.45) is 0 Å². The predicted molar refractivity (Wildman–Crippen MR) is 150 cm³/mol. The maximum Gasteiger partial charge on any atom is 0.102 e. The van der Waals surface area contributed by atoms with Gasteiger partial charge in [-0.25, -0.2) is 0 Å². The summed E-state index contributed by atoms with van der Waals surface area (Å²) < 4.78 is 1.09. The zero-order valence-corrected chi connectivity index (χ0v) is 23.7. The van der Waals surface area contributed by atoms with Crippen molar-refractivity contribution in [3.05, 3.63) is 0 Å². The second-order valence-electron chi connectivity index (χ2n) is 11.3. The van der Waals surface area contributed by atoms with Gasteiger partial charge in [0.1, 0.15) is 6.54 Å². The monoisotopic (exact) mass is 469 g/mol. The Hall–Kier alpha value is -0.0800. The Morgan fingerprint density at radius 3 is 0.848 bits per heavy atom. The Kier molecular flexibility index (Phi) is 26.5. The Bertz CT molecular complexity index is 329. The lowest BCUT2D eigenvalue weighted by Gasteiger charge is -2.34. The van der Waals surface area contributed by atoms with Crippen LogP contribution >= 0.6 is 0 Å². The molecule has 0 heterocycles. The molecule has 33 heavy (non-hydrogen) atoms. The lowest BCUT2D eigenvalue weighted by Crippen LogP contribution is -2.47. The third-order valence-electron chi connectivity index (χ3n) is 7.74. The average molecular weight is 469 g/mol. The highest BCUT2D eigenvalue weighted by Gasteiger charge is 2.19. The van der Waals surface area contributed by atoms with Gasteiger partial charge >= 0.3 is 0 Å². The Balaban J connectivity index is 3.56. The van der Waals surface area contributed by atoms with Gasteiger partial charge in [0.25, 0.3) is 0 Å². The molecule has 0 aromatic rings. The highest BCUT2D eigenvalue weighted by Crippen LogP contribution is 2.16. The summed E-state index contributed by atoms with van der Waals surface area (Å²) in [6, 6.07) is 0. The summed E-state index contributed by atoms with van der Waals surface area (Å²) in [4.78, 5) is 0. The molecule has 0 aromatic carbocycles. The molecule has 1 N–H and O–H groups in total. The zero-order chi connectivity index (χ0) is 24.3. The van der Waals surface area contributed by atoms with Gasteiger partial charge in [-0.05, 0) is 25.7 Å². The minimum atomic E-state index is 0.340. The van der Waals surface area contributed by atoms with Crippen molar-refractivity contribution in [2.45, 2.75) is 168 Å². The van der Waals surface area contributed by atoms with Crippen LogP contribution < -0.4 is 0 Å². The summed E-state index contributed by atoms with van der Waals surface area (Å²) in [6.07, 6.45) is 34.1. The summed E-state index contributed by atoms with van der Waals surface area (Å²) in [5.74, 6) is 0. The van der Waals surface area contributed by atoms with E-state index in [9.17, 15) is 5.11 Å². The molecule has 0 atom stereocenters. The first-order valence-electron chi connectivity index (χ1n) is 15.6. The van der Waals surface area contributed by atoms with Crippen LogP contribution in [0.4, 0.5) is 0 Å². The SMILES string of the molecule is CCCCCCCCCCCCCC[N+](C)(CCO)CCCCCCCCCCCCCC. The molecule has 0 spiro atoms. The molecule has 0 amide bonds. The van der Waals surface area contributed by atoms with Crippen molar-refractivity contribution in [3.8, 4) is 0 Å². The number of hydrogen-bond donors (Lipinski definition) is 1. The van der Waals surface area contributed by atoms with Crippen LogP contribution in [-0.4, -0.2) is 42.9 Å². The predicted octanol–water partition coefficient (Wildman–Crippen LogP) is 9.83. The van der Waals surface area contributed by atoms with Crippen molar-refractivity contribution in [1.82, 2.24) is 0 Å². The van der Waals surface area contributed by atoms with Gasteiger partial charge in [0.2, 0.25) is 0 Å². The molecule has 2 nitrogen and oxygen atoms in total. The van der Waals surface area contributed by atoms with E-state index < -0.39 is 0 Å². The fourth-order valence-electron chi connectivity index (χ4n) is 5.25. The van der Waals surface area contributed by atoms with Gasteiger partial charge in [-0.1, -0.05) is 142 Å². The summed E-state index contributed by atoms with van der Waals surface area (Å²) in [7, 11) is 2.38. The number of nitrogens with zero attached hydrogens (tertiary/aromatic N) is 1. The van der Waals surface area contributed by atoms with E-state index >= 15 is 0 Å². The molecule has 0 unspecified atom stereocenters. The van der Waals surface area contributed by atoms with Crippen molar-refractivity contribution < 1.29 is 9.59 Å². The fourth-order valence-corrected chi connectivity index (χ4v) is 5.25. The Morgan fingerprint density at radius 2 is 0.606 bits per heavy atom. The van der Waals surface area contributed by atoms with E-state index in [1.165, 1.54) is 167 Å². The molecule has 0 aliphatic rings. The quantitative estimate of drug-likeness (QED) is 0.0894. The molecule has 200 valence electrons. The summed E-state index contributed by atoms with van der Waals surface area (Å²) in [5, 5.41) is 9.57. The van der Waals surface area contributed by atoms with E-state index in [0.29, 0.717) is 6.61 Å². The first-order valence-corrected chi connectivity index (χ1v) is 15.6.